The molecule has 0 spiro atoms. The molecule has 20 heavy (non-hydrogen) atoms. The second-order valence-electron chi connectivity index (χ2n) is 4.33. The number of halogens is 2. The number of nitrogens with one attached hydrogen (secondary N) is 2. The van der Waals surface area contributed by atoms with Gasteiger partial charge in [-0.3, -0.25) is 4.79 Å². The van der Waals surface area contributed by atoms with E-state index in [9.17, 15) is 9.18 Å². The van der Waals surface area contributed by atoms with Crippen LogP contribution >= 0.6 is 15.9 Å². The van der Waals surface area contributed by atoms with Crippen molar-refractivity contribution in [1.82, 2.24) is 4.98 Å². The molecule has 0 saturated heterocycles. The minimum Gasteiger partial charge on any atom is -0.360 e. The van der Waals surface area contributed by atoms with E-state index in [0.717, 1.165) is 10.9 Å². The molecule has 1 aromatic heterocycles. The summed E-state index contributed by atoms with van der Waals surface area (Å²) in [6.07, 6.45) is 1.66. The summed E-state index contributed by atoms with van der Waals surface area (Å²) in [6, 6.07) is 11.7. The SMILES string of the molecule is O=C(Nc1ccc(F)cc1Br)c1c[nH]c2ccccc12. The fraction of sp³-hybridized carbons (Fsp3) is 0. The highest BCUT2D eigenvalue weighted by atomic mass is 79.9. The molecule has 5 heteroatoms. The molecule has 0 saturated carbocycles. The Morgan fingerprint density at radius 2 is 2.00 bits per heavy atom. The van der Waals surface area contributed by atoms with Gasteiger partial charge in [0.05, 0.1) is 11.3 Å². The lowest BCUT2D eigenvalue weighted by atomic mass is 10.1. The van der Waals surface area contributed by atoms with Crippen molar-refractivity contribution in [2.24, 2.45) is 0 Å². The van der Waals surface area contributed by atoms with Gasteiger partial charge in [-0.2, -0.15) is 0 Å². The van der Waals surface area contributed by atoms with Crippen LogP contribution in [0.5, 0.6) is 0 Å². The average molecular weight is 333 g/mol. The number of amides is 1. The molecule has 3 nitrogen and oxygen atoms in total. The molecule has 2 aromatic carbocycles. The molecule has 0 radical (unpaired) electrons. The van der Waals surface area contributed by atoms with E-state index in [4.69, 9.17) is 0 Å². The molecule has 1 amide bonds. The van der Waals surface area contributed by atoms with E-state index in [1.54, 1.807) is 6.20 Å². The zero-order chi connectivity index (χ0) is 14.1. The molecular formula is C15H10BrFN2O. The quantitative estimate of drug-likeness (QED) is 0.721. The van der Waals surface area contributed by atoms with Gasteiger partial charge in [0, 0.05) is 21.6 Å². The monoisotopic (exact) mass is 332 g/mol. The number of aromatic nitrogens is 1. The summed E-state index contributed by atoms with van der Waals surface area (Å²) in [5, 5.41) is 3.61. The number of hydrogen-bond acceptors (Lipinski definition) is 1. The van der Waals surface area contributed by atoms with Gasteiger partial charge in [-0.1, -0.05) is 18.2 Å². The highest BCUT2D eigenvalue weighted by molar-refractivity contribution is 9.10. The number of aromatic amines is 1. The molecule has 0 atom stereocenters. The minimum absolute atomic E-state index is 0.241. The Labute approximate surface area is 122 Å². The Hall–Kier alpha value is -2.14. The molecule has 0 fully saturated rings. The average Bonchev–Trinajstić information content (AvgIpc) is 2.86. The van der Waals surface area contributed by atoms with E-state index in [1.807, 2.05) is 24.3 Å². The standard InChI is InChI=1S/C15H10BrFN2O/c16-12-7-9(17)5-6-14(12)19-15(20)11-8-18-13-4-2-1-3-10(11)13/h1-8,18H,(H,19,20). The number of benzene rings is 2. The van der Waals surface area contributed by atoms with Gasteiger partial charge in [0.15, 0.2) is 0 Å². The summed E-state index contributed by atoms with van der Waals surface area (Å²) in [5.41, 5.74) is 1.98. The lowest BCUT2D eigenvalue weighted by Crippen LogP contribution is -2.11. The molecule has 100 valence electrons. The molecular weight excluding hydrogens is 323 g/mol. The number of anilines is 1. The van der Waals surface area contributed by atoms with Crippen molar-refractivity contribution in [2.75, 3.05) is 5.32 Å². The predicted molar refractivity (Wildman–Crippen MR) is 80.4 cm³/mol. The van der Waals surface area contributed by atoms with Crippen LogP contribution in [-0.4, -0.2) is 10.9 Å². The normalized spacial score (nSPS) is 10.7. The fourth-order valence-electron chi connectivity index (χ4n) is 2.04. The van der Waals surface area contributed by atoms with Crippen molar-refractivity contribution in [3.63, 3.8) is 0 Å². The van der Waals surface area contributed by atoms with Crippen LogP contribution in [0.15, 0.2) is 53.1 Å². The van der Waals surface area contributed by atoms with Crippen molar-refractivity contribution in [3.05, 3.63) is 64.5 Å². The van der Waals surface area contributed by atoms with Crippen molar-refractivity contribution in [2.45, 2.75) is 0 Å². The van der Waals surface area contributed by atoms with E-state index < -0.39 is 0 Å². The van der Waals surface area contributed by atoms with Gasteiger partial charge in [-0.15, -0.1) is 0 Å². The third kappa shape index (κ3) is 2.32. The summed E-state index contributed by atoms with van der Waals surface area (Å²) >= 11 is 3.23. The van der Waals surface area contributed by atoms with E-state index in [1.165, 1.54) is 18.2 Å². The first kappa shape index (κ1) is 12.9. The Morgan fingerprint density at radius 3 is 2.80 bits per heavy atom. The van der Waals surface area contributed by atoms with Crippen LogP contribution in [0.3, 0.4) is 0 Å². The number of carbonyl (C=O) groups excluding carboxylic acids is 1. The van der Waals surface area contributed by atoms with Crippen LogP contribution in [0.4, 0.5) is 10.1 Å². The maximum Gasteiger partial charge on any atom is 0.257 e. The second kappa shape index (κ2) is 5.09. The lowest BCUT2D eigenvalue weighted by Gasteiger charge is -2.06. The maximum atomic E-state index is 13.0. The number of carbonyl (C=O) groups is 1. The predicted octanol–water partition coefficient (Wildman–Crippen LogP) is 4.32. The first-order valence-corrected chi connectivity index (χ1v) is 6.77. The third-order valence-electron chi connectivity index (χ3n) is 3.01. The zero-order valence-electron chi connectivity index (χ0n) is 10.3. The zero-order valence-corrected chi connectivity index (χ0v) is 11.9. The molecule has 0 aliphatic heterocycles. The first-order chi connectivity index (χ1) is 9.65. The Bertz CT molecular complexity index is 797. The Balaban J connectivity index is 1.93. The van der Waals surface area contributed by atoms with E-state index in [2.05, 4.69) is 26.2 Å². The van der Waals surface area contributed by atoms with Crippen LogP contribution in [0, 0.1) is 5.82 Å². The minimum atomic E-state index is -0.359. The number of hydrogen-bond donors (Lipinski definition) is 2. The van der Waals surface area contributed by atoms with Gasteiger partial charge in [-0.25, -0.2) is 4.39 Å². The van der Waals surface area contributed by atoms with Crippen LogP contribution in [-0.2, 0) is 0 Å². The van der Waals surface area contributed by atoms with Crippen molar-refractivity contribution in [3.8, 4) is 0 Å². The van der Waals surface area contributed by atoms with Gasteiger partial charge in [-0.05, 0) is 40.2 Å². The van der Waals surface area contributed by atoms with Crippen LogP contribution in [0.1, 0.15) is 10.4 Å². The number of fused-ring (bicyclic) bond motifs is 1. The highest BCUT2D eigenvalue weighted by Crippen LogP contribution is 2.25. The van der Waals surface area contributed by atoms with Crippen LogP contribution in [0.2, 0.25) is 0 Å². The number of rotatable bonds is 2. The fourth-order valence-corrected chi connectivity index (χ4v) is 2.49. The van der Waals surface area contributed by atoms with Crippen LogP contribution in [0.25, 0.3) is 10.9 Å². The smallest absolute Gasteiger partial charge is 0.257 e. The van der Waals surface area contributed by atoms with Gasteiger partial charge in [0.1, 0.15) is 5.82 Å². The van der Waals surface area contributed by atoms with E-state index in [-0.39, 0.29) is 11.7 Å². The van der Waals surface area contributed by atoms with Gasteiger partial charge >= 0.3 is 0 Å². The van der Waals surface area contributed by atoms with Crippen molar-refractivity contribution in [1.29, 1.82) is 0 Å². The molecule has 2 N–H and O–H groups in total. The van der Waals surface area contributed by atoms with Gasteiger partial charge < -0.3 is 10.3 Å². The summed E-state index contributed by atoms with van der Waals surface area (Å²) in [4.78, 5) is 15.3. The van der Waals surface area contributed by atoms with E-state index in [0.29, 0.717) is 15.7 Å². The highest BCUT2D eigenvalue weighted by Gasteiger charge is 2.13. The number of H-pyrrole nitrogens is 1. The second-order valence-corrected chi connectivity index (χ2v) is 5.18. The molecule has 0 bridgehead atoms. The first-order valence-electron chi connectivity index (χ1n) is 5.97. The largest absolute Gasteiger partial charge is 0.360 e. The summed E-state index contributed by atoms with van der Waals surface area (Å²) in [6.45, 7) is 0. The summed E-state index contributed by atoms with van der Waals surface area (Å²) in [7, 11) is 0. The van der Waals surface area contributed by atoms with Gasteiger partial charge in [0.25, 0.3) is 5.91 Å². The molecule has 3 rings (SSSR count). The molecule has 0 aliphatic carbocycles. The van der Waals surface area contributed by atoms with Gasteiger partial charge in [0.2, 0.25) is 0 Å². The molecule has 0 aliphatic rings. The number of para-hydroxylation sites is 1. The molecule has 3 aromatic rings. The maximum absolute atomic E-state index is 13.0. The van der Waals surface area contributed by atoms with Crippen LogP contribution < -0.4 is 5.32 Å². The Kier molecular flexibility index (Phi) is 3.28. The lowest BCUT2D eigenvalue weighted by molar-refractivity contribution is 0.102. The van der Waals surface area contributed by atoms with Crippen molar-refractivity contribution < 1.29 is 9.18 Å². The summed E-state index contributed by atoms with van der Waals surface area (Å²) < 4.78 is 13.5. The third-order valence-corrected chi connectivity index (χ3v) is 3.67. The summed E-state index contributed by atoms with van der Waals surface area (Å²) in [5.74, 6) is -0.600. The van der Waals surface area contributed by atoms with Crippen molar-refractivity contribution >= 4 is 38.4 Å². The molecule has 1 heterocycles. The topological polar surface area (TPSA) is 44.9 Å². The Morgan fingerprint density at radius 1 is 1.20 bits per heavy atom. The van der Waals surface area contributed by atoms with E-state index >= 15 is 0 Å². The molecule has 0 unspecified atom stereocenters.